The fourth-order valence-electron chi connectivity index (χ4n) is 3.53. The van der Waals surface area contributed by atoms with Gasteiger partial charge in [0.05, 0.1) is 12.2 Å². The van der Waals surface area contributed by atoms with Gasteiger partial charge in [-0.05, 0) is 25.5 Å². The molecule has 31 heavy (non-hydrogen) atoms. The highest BCUT2D eigenvalue weighted by Gasteiger charge is 2.24. The van der Waals surface area contributed by atoms with E-state index in [1.54, 1.807) is 24.0 Å². The molecule has 1 aliphatic heterocycles. The maximum atomic E-state index is 12.9. The topological polar surface area (TPSA) is 88.8 Å². The van der Waals surface area contributed by atoms with Crippen LogP contribution in [0.15, 0.2) is 59.3 Å². The number of hydrogen-bond donors (Lipinski definition) is 0. The molecule has 0 spiro atoms. The number of pyridine rings is 1. The number of hydrogen-bond acceptors (Lipinski definition) is 7. The number of carbonyl (C=O) groups is 2. The van der Waals surface area contributed by atoms with Crippen molar-refractivity contribution in [1.82, 2.24) is 15.0 Å². The van der Waals surface area contributed by atoms with Gasteiger partial charge in [-0.3, -0.25) is 4.79 Å². The number of carbonyl (C=O) groups excluding carboxylic acids is 2. The summed E-state index contributed by atoms with van der Waals surface area (Å²) in [5, 5.41) is 4.04. The number of anilines is 1. The zero-order chi connectivity index (χ0) is 21.6. The van der Waals surface area contributed by atoms with Crippen LogP contribution in [0.5, 0.6) is 0 Å². The van der Waals surface area contributed by atoms with Gasteiger partial charge in [0, 0.05) is 44.0 Å². The fraction of sp³-hybridized carbons (Fsp3) is 0.304. The molecular weight excluding hydrogens is 396 g/mol. The van der Waals surface area contributed by atoms with Gasteiger partial charge in [-0.2, -0.15) is 0 Å². The highest BCUT2D eigenvalue weighted by atomic mass is 16.5. The molecule has 3 aromatic rings. The summed E-state index contributed by atoms with van der Waals surface area (Å²) >= 11 is 0. The van der Waals surface area contributed by atoms with E-state index in [2.05, 4.69) is 15.0 Å². The second-order valence-electron chi connectivity index (χ2n) is 7.20. The number of ether oxygens (including phenoxy) is 1. The summed E-state index contributed by atoms with van der Waals surface area (Å²) in [6.07, 6.45) is 2.33. The van der Waals surface area contributed by atoms with Gasteiger partial charge < -0.3 is 19.1 Å². The van der Waals surface area contributed by atoms with E-state index in [1.807, 2.05) is 36.4 Å². The van der Waals surface area contributed by atoms with Crippen molar-refractivity contribution in [1.29, 1.82) is 0 Å². The average molecular weight is 420 g/mol. The molecule has 1 saturated heterocycles. The lowest BCUT2D eigenvalue weighted by Gasteiger charge is -2.22. The van der Waals surface area contributed by atoms with Crippen LogP contribution >= 0.6 is 0 Å². The highest BCUT2D eigenvalue weighted by Crippen LogP contribution is 2.21. The Morgan fingerprint density at radius 3 is 2.65 bits per heavy atom. The van der Waals surface area contributed by atoms with Crippen molar-refractivity contribution in [2.75, 3.05) is 37.7 Å². The van der Waals surface area contributed by atoms with Crippen molar-refractivity contribution in [2.24, 2.45) is 0 Å². The number of benzene rings is 1. The number of nitrogens with zero attached hydrogens (tertiary/aromatic N) is 4. The van der Waals surface area contributed by atoms with E-state index in [4.69, 9.17) is 9.26 Å². The Labute approximate surface area is 180 Å². The maximum absolute atomic E-state index is 12.9. The fourth-order valence-corrected chi connectivity index (χ4v) is 3.53. The number of aromatic nitrogens is 2. The molecule has 8 nitrogen and oxygen atoms in total. The van der Waals surface area contributed by atoms with Crippen LogP contribution in [0.4, 0.5) is 5.82 Å². The molecule has 1 fully saturated rings. The molecule has 0 aliphatic carbocycles. The molecule has 2 aromatic heterocycles. The third kappa shape index (κ3) is 4.74. The monoisotopic (exact) mass is 420 g/mol. The molecule has 4 rings (SSSR count). The smallest absolute Gasteiger partial charge is 0.339 e. The molecule has 0 N–H and O–H groups in total. The van der Waals surface area contributed by atoms with E-state index >= 15 is 0 Å². The van der Waals surface area contributed by atoms with Crippen molar-refractivity contribution >= 4 is 17.7 Å². The summed E-state index contributed by atoms with van der Waals surface area (Å²) in [7, 11) is 0. The SMILES string of the molecule is CCOC(=O)c1ccc(N2CCCN(C(=O)c3cc(-c4ccccc4)no3)CC2)nc1. The van der Waals surface area contributed by atoms with E-state index in [1.165, 1.54) is 6.20 Å². The van der Waals surface area contributed by atoms with Crippen LogP contribution in [0.25, 0.3) is 11.3 Å². The summed E-state index contributed by atoms with van der Waals surface area (Å²) in [5.41, 5.74) is 1.98. The normalized spacial score (nSPS) is 14.2. The Kier molecular flexibility index (Phi) is 6.26. The van der Waals surface area contributed by atoms with Crippen LogP contribution in [-0.2, 0) is 4.74 Å². The van der Waals surface area contributed by atoms with Crippen molar-refractivity contribution in [3.8, 4) is 11.3 Å². The summed E-state index contributed by atoms with van der Waals surface area (Å²) < 4.78 is 10.3. The van der Waals surface area contributed by atoms with Crippen LogP contribution < -0.4 is 4.90 Å². The second kappa shape index (κ2) is 9.42. The minimum Gasteiger partial charge on any atom is -0.462 e. The Hall–Kier alpha value is -3.68. The predicted octanol–water partition coefficient (Wildman–Crippen LogP) is 3.27. The number of esters is 1. The molecule has 0 radical (unpaired) electrons. The van der Waals surface area contributed by atoms with Gasteiger partial charge in [-0.25, -0.2) is 9.78 Å². The molecule has 3 heterocycles. The van der Waals surface area contributed by atoms with E-state index in [9.17, 15) is 9.59 Å². The van der Waals surface area contributed by atoms with Crippen LogP contribution in [-0.4, -0.2) is 59.7 Å². The largest absolute Gasteiger partial charge is 0.462 e. The summed E-state index contributed by atoms with van der Waals surface area (Å²) in [6.45, 7) is 4.66. The van der Waals surface area contributed by atoms with E-state index in [0.717, 1.165) is 24.3 Å². The van der Waals surface area contributed by atoms with Crippen molar-refractivity contribution < 1.29 is 18.8 Å². The van der Waals surface area contributed by atoms with E-state index in [-0.39, 0.29) is 17.6 Å². The Balaban J connectivity index is 1.39. The molecule has 1 amide bonds. The molecule has 0 atom stereocenters. The zero-order valence-corrected chi connectivity index (χ0v) is 17.4. The van der Waals surface area contributed by atoms with E-state index in [0.29, 0.717) is 37.5 Å². The molecular formula is C23H24N4O4. The van der Waals surface area contributed by atoms with Crippen molar-refractivity contribution in [3.05, 3.63) is 66.1 Å². The summed E-state index contributed by atoms with van der Waals surface area (Å²) in [4.78, 5) is 33.0. The van der Waals surface area contributed by atoms with Gasteiger partial charge in [-0.15, -0.1) is 0 Å². The summed E-state index contributed by atoms with van der Waals surface area (Å²) in [5.74, 6) is 0.468. The van der Waals surface area contributed by atoms with Gasteiger partial charge in [0.25, 0.3) is 5.91 Å². The highest BCUT2D eigenvalue weighted by molar-refractivity contribution is 5.92. The average Bonchev–Trinajstić information content (AvgIpc) is 3.18. The molecule has 0 saturated carbocycles. The lowest BCUT2D eigenvalue weighted by Crippen LogP contribution is -2.35. The predicted molar refractivity (Wildman–Crippen MR) is 115 cm³/mol. The standard InChI is InChI=1S/C23H24N4O4/c1-2-30-23(29)18-9-10-21(24-16-18)26-11-6-12-27(14-13-26)22(28)20-15-19(25-31-20)17-7-4-3-5-8-17/h3-5,7-10,15-16H,2,6,11-14H2,1H3. The molecule has 8 heteroatoms. The van der Waals surface area contributed by atoms with Crippen LogP contribution in [0.2, 0.25) is 0 Å². The Morgan fingerprint density at radius 1 is 1.06 bits per heavy atom. The molecule has 0 bridgehead atoms. The molecule has 1 aromatic carbocycles. The lowest BCUT2D eigenvalue weighted by molar-refractivity contribution is 0.0525. The first kappa shape index (κ1) is 20.6. The van der Waals surface area contributed by atoms with Gasteiger partial charge >= 0.3 is 5.97 Å². The first-order valence-corrected chi connectivity index (χ1v) is 10.3. The third-order valence-corrected chi connectivity index (χ3v) is 5.16. The van der Waals surface area contributed by atoms with Gasteiger partial charge in [0.1, 0.15) is 11.5 Å². The molecule has 0 unspecified atom stereocenters. The van der Waals surface area contributed by atoms with E-state index < -0.39 is 0 Å². The molecule has 1 aliphatic rings. The minimum atomic E-state index is -0.379. The zero-order valence-electron chi connectivity index (χ0n) is 17.4. The Bertz CT molecular complexity index is 1030. The van der Waals surface area contributed by atoms with Gasteiger partial charge in [0.2, 0.25) is 5.76 Å². The Morgan fingerprint density at radius 2 is 1.90 bits per heavy atom. The maximum Gasteiger partial charge on any atom is 0.339 e. The number of amides is 1. The summed E-state index contributed by atoms with van der Waals surface area (Å²) in [6, 6.07) is 14.8. The van der Waals surface area contributed by atoms with Gasteiger partial charge in [-0.1, -0.05) is 35.5 Å². The first-order valence-electron chi connectivity index (χ1n) is 10.3. The second-order valence-corrected chi connectivity index (χ2v) is 7.20. The first-order chi connectivity index (χ1) is 15.2. The van der Waals surface area contributed by atoms with Crippen LogP contribution in [0.3, 0.4) is 0 Å². The van der Waals surface area contributed by atoms with Crippen molar-refractivity contribution in [2.45, 2.75) is 13.3 Å². The quantitative estimate of drug-likeness (QED) is 0.585. The van der Waals surface area contributed by atoms with Crippen molar-refractivity contribution in [3.63, 3.8) is 0 Å². The minimum absolute atomic E-state index is 0.165. The van der Waals surface area contributed by atoms with Gasteiger partial charge in [0.15, 0.2) is 0 Å². The molecule has 160 valence electrons. The number of rotatable bonds is 5. The third-order valence-electron chi connectivity index (χ3n) is 5.16. The lowest BCUT2D eigenvalue weighted by atomic mass is 10.1. The van der Waals surface area contributed by atoms with Crippen LogP contribution in [0, 0.1) is 0 Å². The van der Waals surface area contributed by atoms with Crippen LogP contribution in [0.1, 0.15) is 34.3 Å².